The fraction of sp³-hybridized carbons (Fsp3) is 0.467. The molecule has 0 aliphatic heterocycles. The van der Waals surface area contributed by atoms with Crippen LogP contribution in [0.25, 0.3) is 5.76 Å². The van der Waals surface area contributed by atoms with Crippen molar-refractivity contribution in [3.8, 4) is 0 Å². The summed E-state index contributed by atoms with van der Waals surface area (Å²) in [6, 6.07) is 6.92. The molecule has 0 aliphatic rings. The molecule has 0 bridgehead atoms. The predicted molar refractivity (Wildman–Crippen MR) is 73.8 cm³/mol. The van der Waals surface area contributed by atoms with Crippen LogP contribution in [0.4, 0.5) is 0 Å². The normalized spacial score (nSPS) is 10.6. The topological polar surface area (TPSA) is 21.3 Å². The molecule has 0 fully saturated rings. The van der Waals surface area contributed by atoms with E-state index in [1.165, 1.54) is 11.1 Å². The fourth-order valence-electron chi connectivity index (χ4n) is 1.65. The van der Waals surface area contributed by atoms with E-state index in [1.807, 2.05) is 6.92 Å². The Morgan fingerprint density at radius 1 is 1.41 bits per heavy atom. The molecule has 0 atom stereocenters. The standard InChI is InChI=1S/C15H23NO/c1-6-17-13(5)15-9-14(8-7-12(15)4)10-16-11(2)3/h7-9,11,16H,5-6,10H2,1-4H3. The van der Waals surface area contributed by atoms with Crippen molar-refractivity contribution < 1.29 is 4.74 Å². The van der Waals surface area contributed by atoms with Crippen molar-refractivity contribution in [1.82, 2.24) is 5.32 Å². The lowest BCUT2D eigenvalue weighted by Gasteiger charge is -2.13. The van der Waals surface area contributed by atoms with E-state index in [0.29, 0.717) is 12.6 Å². The summed E-state index contributed by atoms with van der Waals surface area (Å²) in [6.07, 6.45) is 0. The first-order valence-electron chi connectivity index (χ1n) is 6.19. The minimum absolute atomic E-state index is 0.495. The van der Waals surface area contributed by atoms with Gasteiger partial charge >= 0.3 is 0 Å². The van der Waals surface area contributed by atoms with Crippen LogP contribution in [0.5, 0.6) is 0 Å². The van der Waals surface area contributed by atoms with Gasteiger partial charge in [-0.25, -0.2) is 0 Å². The Kier molecular flexibility index (Phi) is 5.23. The van der Waals surface area contributed by atoms with Gasteiger partial charge in [-0.2, -0.15) is 0 Å². The maximum atomic E-state index is 5.47. The molecule has 17 heavy (non-hydrogen) atoms. The zero-order valence-corrected chi connectivity index (χ0v) is 11.3. The maximum absolute atomic E-state index is 5.47. The van der Waals surface area contributed by atoms with Gasteiger partial charge in [-0.15, -0.1) is 0 Å². The van der Waals surface area contributed by atoms with Crippen molar-refractivity contribution in [1.29, 1.82) is 0 Å². The van der Waals surface area contributed by atoms with Gasteiger partial charge in [0, 0.05) is 18.2 Å². The number of nitrogens with one attached hydrogen (secondary N) is 1. The average molecular weight is 233 g/mol. The van der Waals surface area contributed by atoms with E-state index in [9.17, 15) is 0 Å². The summed E-state index contributed by atoms with van der Waals surface area (Å²) < 4.78 is 5.47. The van der Waals surface area contributed by atoms with Crippen molar-refractivity contribution in [2.24, 2.45) is 0 Å². The van der Waals surface area contributed by atoms with Crippen LogP contribution in [0.1, 0.15) is 37.5 Å². The monoisotopic (exact) mass is 233 g/mol. The van der Waals surface area contributed by atoms with Crippen LogP contribution in [0.3, 0.4) is 0 Å². The molecule has 0 unspecified atom stereocenters. The van der Waals surface area contributed by atoms with E-state index in [0.717, 1.165) is 17.9 Å². The zero-order chi connectivity index (χ0) is 12.8. The van der Waals surface area contributed by atoms with Gasteiger partial charge in [-0.05, 0) is 31.0 Å². The molecule has 0 saturated heterocycles. The van der Waals surface area contributed by atoms with E-state index in [-0.39, 0.29) is 0 Å². The Balaban J connectivity index is 2.82. The second-order valence-electron chi connectivity index (χ2n) is 4.54. The molecule has 0 amide bonds. The first kappa shape index (κ1) is 13.8. The van der Waals surface area contributed by atoms with Crippen molar-refractivity contribution in [3.63, 3.8) is 0 Å². The number of hydrogen-bond acceptors (Lipinski definition) is 2. The molecule has 1 N–H and O–H groups in total. The van der Waals surface area contributed by atoms with Gasteiger partial charge in [0.1, 0.15) is 5.76 Å². The lowest BCUT2D eigenvalue weighted by atomic mass is 10.0. The molecular formula is C15H23NO. The van der Waals surface area contributed by atoms with Crippen LogP contribution in [0.15, 0.2) is 24.8 Å². The van der Waals surface area contributed by atoms with Gasteiger partial charge in [-0.3, -0.25) is 0 Å². The third-order valence-electron chi connectivity index (χ3n) is 2.64. The maximum Gasteiger partial charge on any atom is 0.119 e. The Morgan fingerprint density at radius 3 is 2.71 bits per heavy atom. The van der Waals surface area contributed by atoms with Gasteiger partial charge in [0.25, 0.3) is 0 Å². The van der Waals surface area contributed by atoms with Gasteiger partial charge in [0.05, 0.1) is 6.61 Å². The molecule has 1 aromatic rings. The van der Waals surface area contributed by atoms with E-state index >= 15 is 0 Å². The SMILES string of the molecule is C=C(OCC)c1cc(CNC(C)C)ccc1C. The Morgan fingerprint density at radius 2 is 2.12 bits per heavy atom. The molecule has 0 aromatic heterocycles. The fourth-order valence-corrected chi connectivity index (χ4v) is 1.65. The van der Waals surface area contributed by atoms with Crippen LogP contribution < -0.4 is 5.32 Å². The minimum Gasteiger partial charge on any atom is -0.494 e. The molecule has 2 nitrogen and oxygen atoms in total. The van der Waals surface area contributed by atoms with Gasteiger partial charge < -0.3 is 10.1 Å². The minimum atomic E-state index is 0.495. The summed E-state index contributed by atoms with van der Waals surface area (Å²) in [5.41, 5.74) is 3.58. The number of rotatable bonds is 6. The third-order valence-corrected chi connectivity index (χ3v) is 2.64. The number of hydrogen-bond donors (Lipinski definition) is 1. The molecule has 1 aromatic carbocycles. The molecule has 1 rings (SSSR count). The number of aryl methyl sites for hydroxylation is 1. The predicted octanol–water partition coefficient (Wildman–Crippen LogP) is 3.50. The third kappa shape index (κ3) is 4.23. The van der Waals surface area contributed by atoms with E-state index in [4.69, 9.17) is 4.74 Å². The molecule has 0 radical (unpaired) electrons. The second-order valence-corrected chi connectivity index (χ2v) is 4.54. The first-order chi connectivity index (χ1) is 8.04. The number of benzene rings is 1. The van der Waals surface area contributed by atoms with Crippen molar-refractivity contribution >= 4 is 5.76 Å². The molecule has 0 aliphatic carbocycles. The second kappa shape index (κ2) is 6.45. The van der Waals surface area contributed by atoms with Crippen molar-refractivity contribution in [2.45, 2.75) is 40.3 Å². The first-order valence-corrected chi connectivity index (χ1v) is 6.19. The van der Waals surface area contributed by atoms with Crippen LogP contribution in [0.2, 0.25) is 0 Å². The van der Waals surface area contributed by atoms with Crippen molar-refractivity contribution in [2.75, 3.05) is 6.61 Å². The Hall–Kier alpha value is -1.28. The molecule has 0 spiro atoms. The summed E-state index contributed by atoms with van der Waals surface area (Å²) in [5, 5.41) is 3.41. The summed E-state index contributed by atoms with van der Waals surface area (Å²) in [4.78, 5) is 0. The van der Waals surface area contributed by atoms with E-state index in [2.05, 4.69) is 50.9 Å². The van der Waals surface area contributed by atoms with Gasteiger partial charge in [0.2, 0.25) is 0 Å². The summed E-state index contributed by atoms with van der Waals surface area (Å²) >= 11 is 0. The Bertz CT molecular complexity index is 383. The largest absolute Gasteiger partial charge is 0.494 e. The quantitative estimate of drug-likeness (QED) is 0.759. The highest BCUT2D eigenvalue weighted by Gasteiger charge is 2.05. The molecule has 0 saturated carbocycles. The zero-order valence-electron chi connectivity index (χ0n) is 11.3. The summed E-state index contributed by atoms with van der Waals surface area (Å²) in [6.45, 7) is 13.9. The Labute approximate surface area is 105 Å². The summed E-state index contributed by atoms with van der Waals surface area (Å²) in [7, 11) is 0. The van der Waals surface area contributed by atoms with Crippen LogP contribution in [-0.4, -0.2) is 12.6 Å². The molecular weight excluding hydrogens is 210 g/mol. The smallest absolute Gasteiger partial charge is 0.119 e. The molecule has 94 valence electrons. The van der Waals surface area contributed by atoms with Crippen LogP contribution in [-0.2, 0) is 11.3 Å². The lowest BCUT2D eigenvalue weighted by molar-refractivity contribution is 0.299. The van der Waals surface area contributed by atoms with E-state index < -0.39 is 0 Å². The highest BCUT2D eigenvalue weighted by Crippen LogP contribution is 2.20. The molecule has 2 heteroatoms. The van der Waals surface area contributed by atoms with Gasteiger partial charge in [0.15, 0.2) is 0 Å². The van der Waals surface area contributed by atoms with E-state index in [1.54, 1.807) is 0 Å². The highest BCUT2D eigenvalue weighted by atomic mass is 16.5. The van der Waals surface area contributed by atoms with Crippen LogP contribution in [0, 0.1) is 6.92 Å². The average Bonchev–Trinajstić information content (AvgIpc) is 2.28. The lowest BCUT2D eigenvalue weighted by Crippen LogP contribution is -2.21. The highest BCUT2D eigenvalue weighted by molar-refractivity contribution is 5.61. The van der Waals surface area contributed by atoms with Gasteiger partial charge in [-0.1, -0.05) is 32.6 Å². The van der Waals surface area contributed by atoms with Crippen LogP contribution >= 0.6 is 0 Å². The summed E-state index contributed by atoms with van der Waals surface area (Å²) in [5.74, 6) is 0.761. The number of ether oxygens (including phenoxy) is 1. The van der Waals surface area contributed by atoms with Crippen molar-refractivity contribution in [3.05, 3.63) is 41.5 Å². The molecule has 0 heterocycles.